The molecule has 0 radical (unpaired) electrons. The number of alkyl halides is 3. The minimum absolute atomic E-state index is 0.0449. The first-order chi connectivity index (χ1) is 7.49. The lowest BCUT2D eigenvalue weighted by Gasteiger charge is -2.21. The van der Waals surface area contributed by atoms with Gasteiger partial charge >= 0.3 is 6.18 Å². The Morgan fingerprint density at radius 1 is 1.12 bits per heavy atom. The third-order valence-electron chi connectivity index (χ3n) is 1.87. The first kappa shape index (κ1) is 15.6. The van der Waals surface area contributed by atoms with Crippen molar-refractivity contribution in [1.29, 1.82) is 0 Å². The van der Waals surface area contributed by atoms with Crippen molar-refractivity contribution < 1.29 is 22.6 Å². The van der Waals surface area contributed by atoms with E-state index in [1.807, 2.05) is 4.90 Å². The van der Waals surface area contributed by atoms with Crippen LogP contribution >= 0.6 is 0 Å². The highest BCUT2D eigenvalue weighted by Crippen LogP contribution is 2.14. The van der Waals surface area contributed by atoms with Gasteiger partial charge in [-0.25, -0.2) is 0 Å². The summed E-state index contributed by atoms with van der Waals surface area (Å²) in [4.78, 5) is 1.90. The Bertz CT molecular complexity index is 167. The van der Waals surface area contributed by atoms with Crippen molar-refractivity contribution in [3.8, 4) is 0 Å². The van der Waals surface area contributed by atoms with Gasteiger partial charge in [0.25, 0.3) is 0 Å². The molecule has 16 heavy (non-hydrogen) atoms. The van der Waals surface area contributed by atoms with Crippen LogP contribution in [0.4, 0.5) is 13.2 Å². The van der Waals surface area contributed by atoms with Crippen LogP contribution in [0, 0.1) is 0 Å². The third-order valence-corrected chi connectivity index (χ3v) is 1.87. The first-order valence-corrected chi connectivity index (χ1v) is 5.05. The van der Waals surface area contributed by atoms with Gasteiger partial charge in [0, 0.05) is 33.3 Å². The Labute approximate surface area is 93.5 Å². The van der Waals surface area contributed by atoms with E-state index in [1.165, 1.54) is 0 Å². The molecule has 98 valence electrons. The Kier molecular flexibility index (Phi) is 8.54. The second-order valence-electron chi connectivity index (χ2n) is 3.29. The predicted molar refractivity (Wildman–Crippen MR) is 54.2 cm³/mol. The zero-order chi connectivity index (χ0) is 12.4. The summed E-state index contributed by atoms with van der Waals surface area (Å²) in [5.74, 6) is 0. The summed E-state index contributed by atoms with van der Waals surface area (Å²) in [5.41, 5.74) is 5.37. The van der Waals surface area contributed by atoms with E-state index in [0.29, 0.717) is 32.8 Å². The van der Waals surface area contributed by atoms with Crippen LogP contribution in [-0.4, -0.2) is 64.2 Å². The minimum atomic E-state index is -4.26. The molecule has 0 spiro atoms. The summed E-state index contributed by atoms with van der Waals surface area (Å²) in [6.07, 6.45) is -4.26. The highest BCUT2D eigenvalue weighted by molar-refractivity contribution is 4.57. The molecule has 0 bridgehead atoms. The second-order valence-corrected chi connectivity index (χ2v) is 3.29. The molecule has 0 fully saturated rings. The van der Waals surface area contributed by atoms with E-state index in [1.54, 1.807) is 7.11 Å². The molecule has 0 aliphatic rings. The smallest absolute Gasteiger partial charge is 0.383 e. The molecular weight excluding hydrogens is 225 g/mol. The summed E-state index contributed by atoms with van der Waals surface area (Å²) in [7, 11) is 1.57. The number of ether oxygens (including phenoxy) is 2. The van der Waals surface area contributed by atoms with Crippen molar-refractivity contribution in [3.63, 3.8) is 0 Å². The molecule has 0 aliphatic carbocycles. The number of halogens is 3. The number of methoxy groups -OCH3 is 1. The lowest BCUT2D eigenvalue weighted by molar-refractivity contribution is -0.174. The minimum Gasteiger partial charge on any atom is -0.383 e. The molecule has 0 rings (SSSR count). The average Bonchev–Trinajstić information content (AvgIpc) is 2.19. The van der Waals surface area contributed by atoms with Gasteiger partial charge in [-0.3, -0.25) is 4.90 Å². The molecule has 4 nitrogen and oxygen atoms in total. The Balaban J connectivity index is 3.59. The lowest BCUT2D eigenvalue weighted by atomic mass is 10.4. The molecule has 0 unspecified atom stereocenters. The molecule has 0 aliphatic heterocycles. The maximum Gasteiger partial charge on any atom is 0.411 e. The average molecular weight is 244 g/mol. The van der Waals surface area contributed by atoms with E-state index < -0.39 is 12.8 Å². The van der Waals surface area contributed by atoms with Gasteiger partial charge < -0.3 is 15.2 Å². The first-order valence-electron chi connectivity index (χ1n) is 5.05. The Morgan fingerprint density at radius 2 is 1.75 bits per heavy atom. The number of nitrogens with two attached hydrogens (primary N) is 1. The number of rotatable bonds is 9. The molecule has 0 amide bonds. The van der Waals surface area contributed by atoms with Gasteiger partial charge in [0.05, 0.1) is 13.2 Å². The van der Waals surface area contributed by atoms with Crippen molar-refractivity contribution in [3.05, 3.63) is 0 Å². The van der Waals surface area contributed by atoms with Crippen LogP contribution in [0.3, 0.4) is 0 Å². The van der Waals surface area contributed by atoms with Gasteiger partial charge in [0.2, 0.25) is 0 Å². The second kappa shape index (κ2) is 8.74. The van der Waals surface area contributed by atoms with E-state index in [9.17, 15) is 13.2 Å². The van der Waals surface area contributed by atoms with E-state index in [4.69, 9.17) is 10.5 Å². The van der Waals surface area contributed by atoms with E-state index in [2.05, 4.69) is 4.74 Å². The van der Waals surface area contributed by atoms with Gasteiger partial charge in [-0.2, -0.15) is 13.2 Å². The van der Waals surface area contributed by atoms with E-state index >= 15 is 0 Å². The predicted octanol–water partition coefficient (Wildman–Crippen LogP) is 0.472. The van der Waals surface area contributed by atoms with Crippen molar-refractivity contribution >= 4 is 0 Å². The quantitative estimate of drug-likeness (QED) is 0.599. The number of hydrogen-bond acceptors (Lipinski definition) is 4. The van der Waals surface area contributed by atoms with Crippen molar-refractivity contribution in [1.82, 2.24) is 4.90 Å². The van der Waals surface area contributed by atoms with E-state index in [-0.39, 0.29) is 6.61 Å². The van der Waals surface area contributed by atoms with Crippen LogP contribution in [0.2, 0.25) is 0 Å². The summed E-state index contributed by atoms with van der Waals surface area (Å²) in [6.45, 7) is 1.53. The molecule has 7 heteroatoms. The normalized spacial score (nSPS) is 12.4. The number of hydrogen-bond donors (Lipinski definition) is 1. The fourth-order valence-electron chi connectivity index (χ4n) is 1.12. The van der Waals surface area contributed by atoms with Crippen LogP contribution in [0.25, 0.3) is 0 Å². The highest BCUT2D eigenvalue weighted by Gasteiger charge is 2.27. The van der Waals surface area contributed by atoms with Crippen molar-refractivity contribution in [2.24, 2.45) is 5.73 Å². The monoisotopic (exact) mass is 244 g/mol. The van der Waals surface area contributed by atoms with Gasteiger partial charge in [0.1, 0.15) is 6.61 Å². The fraction of sp³-hybridized carbons (Fsp3) is 1.00. The molecule has 0 aromatic heterocycles. The molecule has 0 heterocycles. The third kappa shape index (κ3) is 10.2. The zero-order valence-electron chi connectivity index (χ0n) is 9.42. The standard InChI is InChI=1S/C9H19F3N2O2/c1-15-6-4-14(3-2-13)5-7-16-8-9(10,11)12/h2-8,13H2,1H3. The summed E-state index contributed by atoms with van der Waals surface area (Å²) in [5, 5.41) is 0. The van der Waals surface area contributed by atoms with Crippen LogP contribution in [0.5, 0.6) is 0 Å². The Morgan fingerprint density at radius 3 is 2.25 bits per heavy atom. The molecule has 0 saturated heterocycles. The largest absolute Gasteiger partial charge is 0.411 e. The topological polar surface area (TPSA) is 47.7 Å². The summed E-state index contributed by atoms with van der Waals surface area (Å²) >= 11 is 0. The van der Waals surface area contributed by atoms with Gasteiger partial charge in [-0.05, 0) is 0 Å². The molecular formula is C9H19F3N2O2. The van der Waals surface area contributed by atoms with Gasteiger partial charge in [-0.1, -0.05) is 0 Å². The van der Waals surface area contributed by atoms with Crippen molar-refractivity contribution in [2.75, 3.05) is 53.1 Å². The highest BCUT2D eigenvalue weighted by atomic mass is 19.4. The van der Waals surface area contributed by atoms with Crippen LogP contribution in [0.15, 0.2) is 0 Å². The van der Waals surface area contributed by atoms with Crippen LogP contribution < -0.4 is 5.73 Å². The maximum atomic E-state index is 11.8. The lowest BCUT2D eigenvalue weighted by Crippen LogP contribution is -2.35. The number of nitrogens with zero attached hydrogens (tertiary/aromatic N) is 1. The summed E-state index contributed by atoms with van der Waals surface area (Å²) < 4.78 is 44.6. The molecule has 0 atom stereocenters. The van der Waals surface area contributed by atoms with E-state index in [0.717, 1.165) is 0 Å². The molecule has 0 aromatic rings. The van der Waals surface area contributed by atoms with Crippen LogP contribution in [-0.2, 0) is 9.47 Å². The van der Waals surface area contributed by atoms with Gasteiger partial charge in [-0.15, -0.1) is 0 Å². The molecule has 2 N–H and O–H groups in total. The van der Waals surface area contributed by atoms with Gasteiger partial charge in [0.15, 0.2) is 0 Å². The molecule has 0 aromatic carbocycles. The zero-order valence-corrected chi connectivity index (χ0v) is 9.42. The Hall–Kier alpha value is -0.370. The maximum absolute atomic E-state index is 11.8. The SMILES string of the molecule is COCCN(CCN)CCOCC(F)(F)F. The van der Waals surface area contributed by atoms with Crippen LogP contribution in [0.1, 0.15) is 0 Å². The fourth-order valence-corrected chi connectivity index (χ4v) is 1.12. The summed E-state index contributed by atoms with van der Waals surface area (Å²) in [6, 6.07) is 0. The van der Waals surface area contributed by atoms with Crippen molar-refractivity contribution in [2.45, 2.75) is 6.18 Å². The molecule has 0 saturated carbocycles.